The van der Waals surface area contributed by atoms with Crippen molar-refractivity contribution in [1.82, 2.24) is 25.1 Å². The topological polar surface area (TPSA) is 64.5 Å². The maximum atomic E-state index is 4.01. The predicted octanol–water partition coefficient (Wildman–Crippen LogP) is 0.329. The summed E-state index contributed by atoms with van der Waals surface area (Å²) >= 11 is 0. The molecule has 0 N–H and O–H groups in total. The third-order valence-corrected chi connectivity index (χ3v) is 1.29. The van der Waals surface area contributed by atoms with Crippen LogP contribution < -0.4 is 0 Å². The van der Waals surface area contributed by atoms with Gasteiger partial charge in [-0.2, -0.15) is 5.10 Å². The van der Waals surface area contributed by atoms with Gasteiger partial charge in [-0.3, -0.25) is 0 Å². The van der Waals surface area contributed by atoms with E-state index >= 15 is 0 Å². The van der Waals surface area contributed by atoms with E-state index in [2.05, 4.69) is 25.1 Å². The van der Waals surface area contributed by atoms with E-state index in [0.717, 1.165) is 0 Å². The van der Waals surface area contributed by atoms with E-state index < -0.39 is 0 Å². The van der Waals surface area contributed by atoms with Crippen LogP contribution in [0.1, 0.15) is 0 Å². The van der Waals surface area contributed by atoms with Crippen LogP contribution in [0, 0.1) is 0 Å². The van der Waals surface area contributed by atoms with Crippen molar-refractivity contribution in [3.63, 3.8) is 0 Å². The summed E-state index contributed by atoms with van der Waals surface area (Å²) in [5, 5.41) is 7.22. The highest BCUT2D eigenvalue weighted by Crippen LogP contribution is 2.05. The number of hydrogen-bond donors (Lipinski definition) is 0. The first-order valence-electron chi connectivity index (χ1n) is 3.37. The third kappa shape index (κ3) is 1.24. The van der Waals surface area contributed by atoms with E-state index in [4.69, 9.17) is 0 Å². The van der Waals surface area contributed by atoms with Crippen molar-refractivity contribution < 1.29 is 0 Å². The highest BCUT2D eigenvalue weighted by Gasteiger charge is 1.98. The first-order chi connectivity index (χ1) is 5.97. The average Bonchev–Trinajstić information content (AvgIpc) is 2.21. The molecule has 2 aromatic heterocycles. The van der Waals surface area contributed by atoms with Gasteiger partial charge in [0.05, 0.1) is 6.20 Å². The van der Waals surface area contributed by atoms with Gasteiger partial charge in [0.1, 0.15) is 12.0 Å². The van der Waals surface area contributed by atoms with Crippen LogP contribution in [0.25, 0.3) is 11.5 Å². The smallest absolute Gasteiger partial charge is 0.179 e. The van der Waals surface area contributed by atoms with Crippen molar-refractivity contribution in [2.24, 2.45) is 0 Å². The largest absolute Gasteiger partial charge is 0.235 e. The van der Waals surface area contributed by atoms with Crippen LogP contribution in [0.15, 0.2) is 31.0 Å². The van der Waals surface area contributed by atoms with Crippen LogP contribution in [0.3, 0.4) is 0 Å². The molecular formula is C7H5N5. The minimum absolute atomic E-state index is 0.562. The molecule has 0 aromatic carbocycles. The summed E-state index contributed by atoms with van der Waals surface area (Å²) in [7, 11) is 0. The van der Waals surface area contributed by atoms with Crippen molar-refractivity contribution in [2.45, 2.75) is 0 Å². The monoisotopic (exact) mass is 159 g/mol. The zero-order valence-electron chi connectivity index (χ0n) is 6.12. The van der Waals surface area contributed by atoms with E-state index in [1.807, 2.05) is 0 Å². The first-order valence-corrected chi connectivity index (χ1v) is 3.37. The summed E-state index contributed by atoms with van der Waals surface area (Å²) in [6.45, 7) is 0. The lowest BCUT2D eigenvalue weighted by atomic mass is 10.4. The van der Waals surface area contributed by atoms with Crippen molar-refractivity contribution in [2.75, 3.05) is 0 Å². The van der Waals surface area contributed by atoms with Crippen molar-refractivity contribution >= 4 is 0 Å². The SMILES string of the molecule is c1cnc(-c2cnncn2)nc1. The van der Waals surface area contributed by atoms with Gasteiger partial charge in [-0.25, -0.2) is 15.0 Å². The normalized spacial score (nSPS) is 9.67. The lowest BCUT2D eigenvalue weighted by Gasteiger charge is -1.93. The van der Waals surface area contributed by atoms with Gasteiger partial charge >= 0.3 is 0 Å². The molecule has 0 spiro atoms. The molecule has 12 heavy (non-hydrogen) atoms. The summed E-state index contributed by atoms with van der Waals surface area (Å²) in [4.78, 5) is 12.0. The molecule has 0 aliphatic heterocycles. The fourth-order valence-electron chi connectivity index (χ4n) is 0.786. The summed E-state index contributed by atoms with van der Waals surface area (Å²) in [6.07, 6.45) is 6.20. The maximum Gasteiger partial charge on any atom is 0.179 e. The quantitative estimate of drug-likeness (QED) is 0.599. The number of rotatable bonds is 1. The molecular weight excluding hydrogens is 154 g/mol. The van der Waals surface area contributed by atoms with Gasteiger partial charge < -0.3 is 0 Å². The molecule has 0 aliphatic carbocycles. The second-order valence-corrected chi connectivity index (χ2v) is 2.06. The third-order valence-electron chi connectivity index (χ3n) is 1.29. The molecule has 0 atom stereocenters. The van der Waals surface area contributed by atoms with E-state index in [9.17, 15) is 0 Å². The summed E-state index contributed by atoms with van der Waals surface area (Å²) in [6, 6.07) is 1.75. The van der Waals surface area contributed by atoms with Crippen LogP contribution in [-0.4, -0.2) is 25.1 Å². The Labute approximate surface area is 68.6 Å². The van der Waals surface area contributed by atoms with Crippen LogP contribution in [0.4, 0.5) is 0 Å². The Kier molecular flexibility index (Phi) is 1.69. The molecule has 0 bridgehead atoms. The Balaban J connectivity index is 2.46. The molecule has 0 unspecified atom stereocenters. The molecule has 5 heteroatoms. The lowest BCUT2D eigenvalue weighted by molar-refractivity contribution is 0.962. The van der Waals surface area contributed by atoms with E-state index in [0.29, 0.717) is 11.5 Å². The van der Waals surface area contributed by atoms with Crippen LogP contribution in [-0.2, 0) is 0 Å². The molecule has 2 rings (SSSR count). The van der Waals surface area contributed by atoms with Gasteiger partial charge in [-0.1, -0.05) is 0 Å². The molecule has 0 amide bonds. The molecule has 0 fully saturated rings. The van der Waals surface area contributed by atoms with Crippen molar-refractivity contribution in [3.8, 4) is 11.5 Å². The minimum Gasteiger partial charge on any atom is -0.235 e. The van der Waals surface area contributed by atoms with Gasteiger partial charge in [-0.15, -0.1) is 5.10 Å². The van der Waals surface area contributed by atoms with Crippen LogP contribution in [0.5, 0.6) is 0 Å². The Morgan fingerprint density at radius 1 is 0.917 bits per heavy atom. The predicted molar refractivity (Wildman–Crippen MR) is 40.9 cm³/mol. The van der Waals surface area contributed by atoms with E-state index in [1.165, 1.54) is 12.5 Å². The average molecular weight is 159 g/mol. The Morgan fingerprint density at radius 2 is 1.75 bits per heavy atom. The van der Waals surface area contributed by atoms with Gasteiger partial charge in [0.15, 0.2) is 5.82 Å². The summed E-state index contributed by atoms with van der Waals surface area (Å²) in [5.41, 5.74) is 0.630. The highest BCUT2D eigenvalue weighted by molar-refractivity contribution is 5.45. The van der Waals surface area contributed by atoms with Gasteiger partial charge in [0.25, 0.3) is 0 Å². The zero-order chi connectivity index (χ0) is 8.23. The number of nitrogens with zero attached hydrogens (tertiary/aromatic N) is 5. The lowest BCUT2D eigenvalue weighted by Crippen LogP contribution is -1.91. The van der Waals surface area contributed by atoms with Crippen LogP contribution >= 0.6 is 0 Å². The van der Waals surface area contributed by atoms with Gasteiger partial charge in [0.2, 0.25) is 0 Å². The molecule has 2 aromatic rings. The van der Waals surface area contributed by atoms with Gasteiger partial charge in [-0.05, 0) is 6.07 Å². The minimum atomic E-state index is 0.562. The second kappa shape index (κ2) is 3.00. The van der Waals surface area contributed by atoms with Crippen molar-refractivity contribution in [3.05, 3.63) is 31.0 Å². The highest BCUT2D eigenvalue weighted by atomic mass is 15.1. The molecule has 0 aliphatic rings. The Bertz CT molecular complexity index is 309. The van der Waals surface area contributed by atoms with E-state index in [-0.39, 0.29) is 0 Å². The number of hydrogen-bond acceptors (Lipinski definition) is 5. The molecule has 0 saturated carbocycles. The Morgan fingerprint density at radius 3 is 2.42 bits per heavy atom. The summed E-state index contributed by atoms with van der Waals surface area (Å²) < 4.78 is 0. The molecule has 0 saturated heterocycles. The standard InChI is InChI=1S/C7H5N5/c1-2-8-7(9-3-1)6-4-11-12-5-10-6/h1-5H. The molecule has 0 radical (unpaired) electrons. The van der Waals surface area contributed by atoms with E-state index in [1.54, 1.807) is 18.5 Å². The Hall–Kier alpha value is -1.91. The van der Waals surface area contributed by atoms with Gasteiger partial charge in [0, 0.05) is 12.4 Å². The summed E-state index contributed by atoms with van der Waals surface area (Å²) in [5.74, 6) is 0.562. The van der Waals surface area contributed by atoms with Crippen LogP contribution in [0.2, 0.25) is 0 Å². The maximum absolute atomic E-state index is 4.01. The van der Waals surface area contributed by atoms with Crippen molar-refractivity contribution in [1.29, 1.82) is 0 Å². The fourth-order valence-corrected chi connectivity index (χ4v) is 0.786. The first kappa shape index (κ1) is 6.78. The zero-order valence-corrected chi connectivity index (χ0v) is 6.12. The molecule has 5 nitrogen and oxygen atoms in total. The number of aromatic nitrogens is 5. The fraction of sp³-hybridized carbons (Fsp3) is 0. The second-order valence-electron chi connectivity index (χ2n) is 2.06. The molecule has 58 valence electrons. The molecule has 2 heterocycles.